The second-order valence-corrected chi connectivity index (χ2v) is 4.30. The van der Waals surface area contributed by atoms with Gasteiger partial charge >= 0.3 is 5.97 Å². The molecule has 5 nitrogen and oxygen atoms in total. The van der Waals surface area contributed by atoms with Crippen LogP contribution in [0.15, 0.2) is 9.64 Å². The van der Waals surface area contributed by atoms with E-state index in [1.807, 2.05) is 13.8 Å². The summed E-state index contributed by atoms with van der Waals surface area (Å²) in [5.41, 5.74) is 0. The molecule has 0 bridgehead atoms. The smallest absolute Gasteiger partial charge is 0.317 e. The van der Waals surface area contributed by atoms with Gasteiger partial charge in [-0.2, -0.15) is 0 Å². The van der Waals surface area contributed by atoms with E-state index in [1.54, 1.807) is 6.92 Å². The second-order valence-electron chi connectivity index (χ2n) is 3.21. The van der Waals surface area contributed by atoms with Crippen molar-refractivity contribution >= 4 is 17.7 Å². The minimum absolute atomic E-state index is 0.0182. The average molecular weight is 216 g/mol. The molecule has 1 N–H and O–H groups in total. The predicted octanol–water partition coefficient (Wildman–Crippen LogP) is 1.58. The van der Waals surface area contributed by atoms with Crippen LogP contribution < -0.4 is 0 Å². The van der Waals surface area contributed by atoms with E-state index in [-0.39, 0.29) is 5.92 Å². The van der Waals surface area contributed by atoms with Gasteiger partial charge in [-0.1, -0.05) is 13.8 Å². The normalized spacial score (nSPS) is 13.1. The molecular weight excluding hydrogens is 204 g/mol. The highest BCUT2D eigenvalue weighted by Gasteiger charge is 2.25. The number of thioether (sulfide) groups is 1. The molecule has 1 atom stereocenters. The van der Waals surface area contributed by atoms with Crippen molar-refractivity contribution in [2.45, 2.75) is 31.2 Å². The molecule has 78 valence electrons. The summed E-state index contributed by atoms with van der Waals surface area (Å²) in [6.07, 6.45) is 0. The average Bonchev–Trinajstić information content (AvgIpc) is 2.46. The molecule has 6 heteroatoms. The van der Waals surface area contributed by atoms with E-state index in [1.165, 1.54) is 0 Å². The van der Waals surface area contributed by atoms with E-state index in [9.17, 15) is 4.79 Å². The number of rotatable bonds is 4. The Morgan fingerprint density at radius 3 is 2.50 bits per heavy atom. The number of aliphatic carboxylic acids is 1. The van der Waals surface area contributed by atoms with Gasteiger partial charge < -0.3 is 9.52 Å². The lowest BCUT2D eigenvalue weighted by atomic mass is 10.1. The Morgan fingerprint density at radius 2 is 2.14 bits per heavy atom. The molecule has 1 heterocycles. The molecule has 0 aliphatic rings. The minimum atomic E-state index is -0.860. The summed E-state index contributed by atoms with van der Waals surface area (Å²) >= 11 is 1.09. The number of aromatic nitrogens is 2. The van der Waals surface area contributed by atoms with Crippen molar-refractivity contribution in [3.05, 3.63) is 5.89 Å². The summed E-state index contributed by atoms with van der Waals surface area (Å²) in [5.74, 6) is -0.397. The molecule has 0 aliphatic carbocycles. The third kappa shape index (κ3) is 2.73. The molecule has 0 aliphatic heterocycles. The van der Waals surface area contributed by atoms with E-state index in [4.69, 9.17) is 9.52 Å². The van der Waals surface area contributed by atoms with Gasteiger partial charge in [0.1, 0.15) is 5.25 Å². The molecular formula is C8H12N2O3S. The quantitative estimate of drug-likeness (QED) is 0.770. The first-order valence-electron chi connectivity index (χ1n) is 4.20. The SMILES string of the molecule is Cc1nnc(SC(C(=O)O)C(C)C)o1. The maximum absolute atomic E-state index is 10.8. The molecule has 1 aromatic rings. The van der Waals surface area contributed by atoms with Crippen LogP contribution in [0, 0.1) is 12.8 Å². The molecule has 0 aromatic carbocycles. The number of nitrogens with zero attached hydrogens (tertiary/aromatic N) is 2. The van der Waals surface area contributed by atoms with E-state index < -0.39 is 11.2 Å². The van der Waals surface area contributed by atoms with Crippen LogP contribution in [0.2, 0.25) is 0 Å². The number of carboxylic acid groups (broad SMARTS) is 1. The summed E-state index contributed by atoms with van der Waals surface area (Å²) in [7, 11) is 0. The van der Waals surface area contributed by atoms with Gasteiger partial charge in [-0.15, -0.1) is 10.2 Å². The standard InChI is InChI=1S/C8H12N2O3S/c1-4(2)6(7(11)12)14-8-10-9-5(3)13-8/h4,6H,1-3H3,(H,11,12). The molecule has 14 heavy (non-hydrogen) atoms. The van der Waals surface area contributed by atoms with E-state index in [2.05, 4.69) is 10.2 Å². The Bertz CT molecular complexity index is 324. The number of hydrogen-bond donors (Lipinski definition) is 1. The fourth-order valence-electron chi connectivity index (χ4n) is 0.906. The van der Waals surface area contributed by atoms with Crippen LogP contribution in [-0.4, -0.2) is 26.5 Å². The van der Waals surface area contributed by atoms with Gasteiger partial charge in [-0.05, 0) is 17.7 Å². The highest BCUT2D eigenvalue weighted by Crippen LogP contribution is 2.26. The topological polar surface area (TPSA) is 76.2 Å². The van der Waals surface area contributed by atoms with Crippen LogP contribution in [0.25, 0.3) is 0 Å². The van der Waals surface area contributed by atoms with Gasteiger partial charge in [0.25, 0.3) is 5.22 Å². The maximum Gasteiger partial charge on any atom is 0.317 e. The Kier molecular flexibility index (Phi) is 3.51. The van der Waals surface area contributed by atoms with Crippen molar-refractivity contribution in [2.24, 2.45) is 5.92 Å². The second kappa shape index (κ2) is 4.45. The Balaban J connectivity index is 2.69. The summed E-state index contributed by atoms with van der Waals surface area (Å²) < 4.78 is 5.09. The highest BCUT2D eigenvalue weighted by atomic mass is 32.2. The van der Waals surface area contributed by atoms with Crippen molar-refractivity contribution in [3.8, 4) is 0 Å². The van der Waals surface area contributed by atoms with Crippen molar-refractivity contribution in [1.82, 2.24) is 10.2 Å². The summed E-state index contributed by atoms with van der Waals surface area (Å²) in [5, 5.41) is 16.0. The minimum Gasteiger partial charge on any atom is -0.480 e. The first kappa shape index (κ1) is 11.0. The molecule has 1 rings (SSSR count). The zero-order chi connectivity index (χ0) is 10.7. The van der Waals surface area contributed by atoms with Crippen LogP contribution in [-0.2, 0) is 4.79 Å². The number of carbonyl (C=O) groups is 1. The van der Waals surface area contributed by atoms with Crippen LogP contribution >= 0.6 is 11.8 Å². The predicted molar refractivity (Wildman–Crippen MR) is 51.2 cm³/mol. The summed E-state index contributed by atoms with van der Waals surface area (Å²) in [6.45, 7) is 5.35. The van der Waals surface area contributed by atoms with Crippen molar-refractivity contribution < 1.29 is 14.3 Å². The zero-order valence-electron chi connectivity index (χ0n) is 8.22. The maximum atomic E-state index is 10.8. The zero-order valence-corrected chi connectivity index (χ0v) is 9.04. The lowest BCUT2D eigenvalue weighted by molar-refractivity contribution is -0.137. The Labute approximate surface area is 85.9 Å². The van der Waals surface area contributed by atoms with Crippen LogP contribution in [0.4, 0.5) is 0 Å². The lowest BCUT2D eigenvalue weighted by Crippen LogP contribution is -2.22. The van der Waals surface area contributed by atoms with Gasteiger partial charge in [-0.3, -0.25) is 4.79 Å². The third-order valence-corrected chi connectivity index (χ3v) is 2.95. The molecule has 0 saturated carbocycles. The van der Waals surface area contributed by atoms with Gasteiger partial charge in [0.2, 0.25) is 5.89 Å². The van der Waals surface area contributed by atoms with Gasteiger partial charge in [-0.25, -0.2) is 0 Å². The van der Waals surface area contributed by atoms with Crippen molar-refractivity contribution in [1.29, 1.82) is 0 Å². The molecule has 0 saturated heterocycles. The highest BCUT2D eigenvalue weighted by molar-refractivity contribution is 8.00. The van der Waals surface area contributed by atoms with Crippen molar-refractivity contribution in [2.75, 3.05) is 0 Å². The first-order valence-corrected chi connectivity index (χ1v) is 5.08. The van der Waals surface area contributed by atoms with Gasteiger partial charge in [0, 0.05) is 6.92 Å². The third-order valence-electron chi connectivity index (χ3n) is 1.58. The lowest BCUT2D eigenvalue weighted by Gasteiger charge is -2.12. The largest absolute Gasteiger partial charge is 0.480 e. The van der Waals surface area contributed by atoms with Gasteiger partial charge in [0.15, 0.2) is 0 Å². The molecule has 0 radical (unpaired) electrons. The molecule has 0 spiro atoms. The fraction of sp³-hybridized carbons (Fsp3) is 0.625. The van der Waals surface area contributed by atoms with Gasteiger partial charge in [0.05, 0.1) is 0 Å². The molecule has 1 aromatic heterocycles. The van der Waals surface area contributed by atoms with E-state index in [0.29, 0.717) is 11.1 Å². The van der Waals surface area contributed by atoms with Crippen LogP contribution in [0.1, 0.15) is 19.7 Å². The van der Waals surface area contributed by atoms with Crippen molar-refractivity contribution in [3.63, 3.8) is 0 Å². The van der Waals surface area contributed by atoms with E-state index in [0.717, 1.165) is 11.8 Å². The molecule has 0 amide bonds. The first-order chi connectivity index (χ1) is 6.50. The number of hydrogen-bond acceptors (Lipinski definition) is 5. The van der Waals surface area contributed by atoms with Crippen LogP contribution in [0.3, 0.4) is 0 Å². The Hall–Kier alpha value is -1.04. The molecule has 1 unspecified atom stereocenters. The molecule has 0 fully saturated rings. The monoisotopic (exact) mass is 216 g/mol. The Morgan fingerprint density at radius 1 is 1.50 bits per heavy atom. The van der Waals surface area contributed by atoms with Crippen LogP contribution in [0.5, 0.6) is 0 Å². The summed E-state index contributed by atoms with van der Waals surface area (Å²) in [6, 6.07) is 0. The number of carboxylic acids is 1. The fourth-order valence-corrected chi connectivity index (χ4v) is 1.75. The van der Waals surface area contributed by atoms with E-state index >= 15 is 0 Å². The summed E-state index contributed by atoms with van der Waals surface area (Å²) in [4.78, 5) is 10.8. The number of aryl methyl sites for hydroxylation is 1.